The molecule has 0 aliphatic carbocycles. The van der Waals surface area contributed by atoms with E-state index in [2.05, 4.69) is 290 Å². The van der Waals surface area contributed by atoms with Gasteiger partial charge in [0, 0.05) is 63.7 Å². The van der Waals surface area contributed by atoms with Crippen LogP contribution in [0.3, 0.4) is 0 Å². The average molecular weight is 850 g/mol. The van der Waals surface area contributed by atoms with Crippen LogP contribution in [0, 0.1) is 13.8 Å². The molecule has 10 aromatic carbocycles. The maximum atomic E-state index is 2.37. The molecule has 3 heteroatoms. The first-order valence-electron chi connectivity index (χ1n) is 22.7. The maximum Gasteiger partial charge on any atom is 0.0488 e. The summed E-state index contributed by atoms with van der Waals surface area (Å²) in [5, 5.41) is 0. The van der Waals surface area contributed by atoms with Gasteiger partial charge in [-0.25, -0.2) is 0 Å². The number of para-hydroxylation sites is 4. The summed E-state index contributed by atoms with van der Waals surface area (Å²) in [6.45, 7) is 4.42. The molecule has 0 amide bonds. The Morgan fingerprint density at radius 1 is 0.242 bits per heavy atom. The number of rotatable bonds is 12. The highest BCUT2D eigenvalue weighted by molar-refractivity contribution is 5.93. The molecule has 318 valence electrons. The Morgan fingerprint density at radius 3 is 0.833 bits per heavy atom. The molecule has 0 fully saturated rings. The number of hydrogen-bond donors (Lipinski definition) is 0. The van der Waals surface area contributed by atoms with Gasteiger partial charge in [-0.05, 0) is 155 Å². The van der Waals surface area contributed by atoms with Gasteiger partial charge in [0.1, 0.15) is 0 Å². The zero-order valence-corrected chi connectivity index (χ0v) is 37.6. The van der Waals surface area contributed by atoms with Crippen LogP contribution in [0.4, 0.5) is 45.5 Å². The lowest BCUT2D eigenvalue weighted by Crippen LogP contribution is -2.12. The summed E-state index contributed by atoms with van der Waals surface area (Å²) >= 11 is 0. The van der Waals surface area contributed by atoms with Crippen molar-refractivity contribution in [1.29, 1.82) is 0 Å². The second kappa shape index (κ2) is 18.8. The van der Waals surface area contributed by atoms with Gasteiger partial charge in [-0.3, -0.25) is 0 Å². The number of anilines is 8. The Bertz CT molecular complexity index is 2900. The van der Waals surface area contributed by atoms with Crippen molar-refractivity contribution in [3.8, 4) is 44.5 Å². The lowest BCUT2D eigenvalue weighted by atomic mass is 9.92. The van der Waals surface area contributed by atoms with E-state index < -0.39 is 0 Å². The predicted molar refractivity (Wildman–Crippen MR) is 282 cm³/mol. The average Bonchev–Trinajstić information content (AvgIpc) is 3.38. The van der Waals surface area contributed by atoms with Crippen molar-refractivity contribution in [2.24, 2.45) is 0 Å². The lowest BCUT2D eigenvalue weighted by molar-refractivity contribution is 1.21. The van der Waals surface area contributed by atoms with Crippen molar-refractivity contribution in [3.63, 3.8) is 0 Å². The largest absolute Gasteiger partial charge is 0.344 e. The highest BCUT2D eigenvalue weighted by atomic mass is 15.1. The molecule has 0 saturated heterocycles. The van der Waals surface area contributed by atoms with Gasteiger partial charge in [0.25, 0.3) is 0 Å². The molecule has 66 heavy (non-hydrogen) atoms. The monoisotopic (exact) mass is 849 g/mol. The third-order valence-corrected chi connectivity index (χ3v) is 12.6. The molecule has 10 aromatic rings. The van der Waals surface area contributed by atoms with Gasteiger partial charge in [-0.2, -0.15) is 0 Å². The van der Waals surface area contributed by atoms with E-state index in [0.29, 0.717) is 0 Å². The smallest absolute Gasteiger partial charge is 0.0488 e. The van der Waals surface area contributed by atoms with E-state index >= 15 is 0 Å². The minimum Gasteiger partial charge on any atom is -0.344 e. The summed E-state index contributed by atoms with van der Waals surface area (Å²) < 4.78 is 0. The number of hydrogen-bond acceptors (Lipinski definition) is 3. The lowest BCUT2D eigenvalue weighted by Gasteiger charge is -2.28. The molecule has 0 spiro atoms. The summed E-state index contributed by atoms with van der Waals surface area (Å²) in [7, 11) is 2.21. The highest BCUT2D eigenvalue weighted by Crippen LogP contribution is 2.45. The molecule has 3 nitrogen and oxygen atoms in total. The zero-order chi connectivity index (χ0) is 44.8. The second-order valence-electron chi connectivity index (χ2n) is 16.8. The van der Waals surface area contributed by atoms with Gasteiger partial charge in [-0.15, -0.1) is 0 Å². The standard InChI is InChI=1S/C63H51N3/c1-46-20-16-18-30-58(46)60-44-50(48-32-38-56(39-33-48)65(52-22-8-4-9-23-52)53-24-10-5-11-25-53)36-42-62(60)64(3)63-43-37-51(45-61(63)59-31-19-17-21-47(59)2)49-34-40-57(41-35-49)66(54-26-12-6-13-27-54)55-28-14-7-15-29-55/h4-45H,1-3H3. The second-order valence-corrected chi connectivity index (χ2v) is 16.8. The van der Waals surface area contributed by atoms with Gasteiger partial charge in [-0.1, -0.05) is 158 Å². The Labute approximate surface area is 389 Å². The Balaban J connectivity index is 1.03. The Kier molecular flexibility index (Phi) is 11.8. The molecule has 0 bridgehead atoms. The Hall–Kier alpha value is -8.40. The molecule has 0 unspecified atom stereocenters. The minimum absolute atomic E-state index is 1.11. The molecular formula is C63H51N3. The van der Waals surface area contributed by atoms with Crippen molar-refractivity contribution < 1.29 is 0 Å². The van der Waals surface area contributed by atoms with Crippen LogP contribution in [0.2, 0.25) is 0 Å². The quantitative estimate of drug-likeness (QED) is 0.121. The van der Waals surface area contributed by atoms with Gasteiger partial charge in [0.15, 0.2) is 0 Å². The minimum atomic E-state index is 1.11. The third-order valence-electron chi connectivity index (χ3n) is 12.6. The van der Waals surface area contributed by atoms with Crippen LogP contribution in [0.5, 0.6) is 0 Å². The van der Waals surface area contributed by atoms with Crippen molar-refractivity contribution in [3.05, 3.63) is 266 Å². The summed E-state index contributed by atoms with van der Waals surface area (Å²) in [5.74, 6) is 0. The molecule has 0 aliphatic heterocycles. The zero-order valence-electron chi connectivity index (χ0n) is 37.6. The topological polar surface area (TPSA) is 9.72 Å². The van der Waals surface area contributed by atoms with E-state index in [4.69, 9.17) is 0 Å². The normalized spacial score (nSPS) is 11.0. The van der Waals surface area contributed by atoms with Crippen molar-refractivity contribution in [1.82, 2.24) is 0 Å². The fourth-order valence-corrected chi connectivity index (χ4v) is 9.14. The number of benzene rings is 10. The van der Waals surface area contributed by atoms with Crippen LogP contribution in [0.1, 0.15) is 11.1 Å². The molecule has 10 rings (SSSR count). The SMILES string of the molecule is Cc1ccccc1-c1cc(-c2ccc(N(c3ccccc3)c3ccccc3)cc2)ccc1N(C)c1ccc(-c2ccc(N(c3ccccc3)c3ccccc3)cc2)cc1-c1ccccc1C. The van der Waals surface area contributed by atoms with E-state index in [1.54, 1.807) is 0 Å². The van der Waals surface area contributed by atoms with Gasteiger partial charge < -0.3 is 14.7 Å². The van der Waals surface area contributed by atoms with Crippen molar-refractivity contribution in [2.45, 2.75) is 13.8 Å². The molecule has 0 heterocycles. The summed E-state index contributed by atoms with van der Waals surface area (Å²) in [4.78, 5) is 6.98. The molecule has 0 atom stereocenters. The molecular weight excluding hydrogens is 799 g/mol. The molecule has 0 saturated carbocycles. The summed E-state index contributed by atoms with van der Waals surface area (Å²) in [5.41, 5.74) is 20.9. The van der Waals surface area contributed by atoms with Crippen LogP contribution >= 0.6 is 0 Å². The Morgan fingerprint density at radius 2 is 0.515 bits per heavy atom. The number of aryl methyl sites for hydroxylation is 2. The fourth-order valence-electron chi connectivity index (χ4n) is 9.14. The van der Waals surface area contributed by atoms with Crippen LogP contribution in [0.15, 0.2) is 255 Å². The third kappa shape index (κ3) is 8.51. The molecule has 0 N–H and O–H groups in total. The van der Waals surface area contributed by atoms with Gasteiger partial charge in [0.2, 0.25) is 0 Å². The van der Waals surface area contributed by atoms with Crippen LogP contribution in [-0.2, 0) is 0 Å². The maximum absolute atomic E-state index is 2.37. The molecule has 0 radical (unpaired) electrons. The van der Waals surface area contributed by atoms with E-state index in [-0.39, 0.29) is 0 Å². The van der Waals surface area contributed by atoms with Crippen molar-refractivity contribution >= 4 is 45.5 Å². The first-order chi connectivity index (χ1) is 32.5. The van der Waals surface area contributed by atoms with Crippen LogP contribution in [0.25, 0.3) is 44.5 Å². The van der Waals surface area contributed by atoms with Crippen LogP contribution in [-0.4, -0.2) is 7.05 Å². The van der Waals surface area contributed by atoms with E-state index in [0.717, 1.165) is 56.6 Å². The highest BCUT2D eigenvalue weighted by Gasteiger charge is 2.20. The van der Waals surface area contributed by atoms with Gasteiger partial charge in [0.05, 0.1) is 0 Å². The fraction of sp³-hybridized carbons (Fsp3) is 0.0476. The summed E-state index contributed by atoms with van der Waals surface area (Å²) in [6.07, 6.45) is 0. The van der Waals surface area contributed by atoms with E-state index in [1.807, 2.05) is 0 Å². The molecule has 0 aliphatic rings. The number of nitrogens with zero attached hydrogens (tertiary/aromatic N) is 3. The van der Waals surface area contributed by atoms with Gasteiger partial charge >= 0.3 is 0 Å². The van der Waals surface area contributed by atoms with E-state index in [1.165, 1.54) is 44.5 Å². The van der Waals surface area contributed by atoms with Crippen molar-refractivity contribution in [2.75, 3.05) is 21.7 Å². The molecule has 0 aromatic heterocycles. The van der Waals surface area contributed by atoms with Crippen LogP contribution < -0.4 is 14.7 Å². The first-order valence-corrected chi connectivity index (χ1v) is 22.7. The predicted octanol–water partition coefficient (Wildman–Crippen LogP) is 17.7. The first kappa shape index (κ1) is 41.6. The summed E-state index contributed by atoms with van der Waals surface area (Å²) in [6, 6.07) is 91.5. The van der Waals surface area contributed by atoms with E-state index in [9.17, 15) is 0 Å².